The monoisotopic (exact) mass is 582 g/mol. The van der Waals surface area contributed by atoms with E-state index >= 15 is 0 Å². The van der Waals surface area contributed by atoms with E-state index in [-0.39, 0.29) is 23.5 Å². The fourth-order valence-electron chi connectivity index (χ4n) is 5.27. The molecule has 0 saturated carbocycles. The third kappa shape index (κ3) is 5.48. The second-order valence-corrected chi connectivity index (χ2v) is 10.4. The van der Waals surface area contributed by atoms with Gasteiger partial charge in [0, 0.05) is 11.5 Å². The van der Waals surface area contributed by atoms with Crippen LogP contribution in [0.5, 0.6) is 28.7 Å². The van der Waals surface area contributed by atoms with Crippen molar-refractivity contribution in [2.75, 3.05) is 28.4 Å². The van der Waals surface area contributed by atoms with Gasteiger partial charge in [-0.05, 0) is 72.5 Å². The molecule has 1 heterocycles. The Hall–Kier alpha value is -4.98. The van der Waals surface area contributed by atoms with Gasteiger partial charge >= 0.3 is 5.97 Å². The normalized spacial score (nSPS) is 11.8. The molecule has 222 valence electrons. The van der Waals surface area contributed by atoms with Gasteiger partial charge in [-0.3, -0.25) is 9.59 Å². The molecule has 0 spiro atoms. The molecular formula is C35H34O8. The number of ether oxygens (including phenoxy) is 5. The molecule has 5 rings (SSSR count). The van der Waals surface area contributed by atoms with E-state index in [2.05, 4.69) is 0 Å². The molecule has 0 amide bonds. The van der Waals surface area contributed by atoms with E-state index in [1.165, 1.54) is 7.11 Å². The van der Waals surface area contributed by atoms with Crippen molar-refractivity contribution < 1.29 is 32.9 Å². The van der Waals surface area contributed by atoms with Crippen molar-refractivity contribution in [3.05, 3.63) is 98.7 Å². The van der Waals surface area contributed by atoms with Crippen molar-refractivity contribution in [3.63, 3.8) is 0 Å². The van der Waals surface area contributed by atoms with Gasteiger partial charge in [0.1, 0.15) is 11.2 Å². The van der Waals surface area contributed by atoms with Crippen molar-refractivity contribution in [3.8, 4) is 28.7 Å². The van der Waals surface area contributed by atoms with Crippen molar-refractivity contribution in [2.45, 2.75) is 33.1 Å². The Labute approximate surface area is 249 Å². The zero-order chi connectivity index (χ0) is 30.8. The highest BCUT2D eigenvalue weighted by atomic mass is 16.6. The number of methoxy groups -OCH3 is 4. The SMILES string of the molecule is COc1ccc(C(C)c2cc(OC)c(OC)c(OC)c2)cc1OC(=O)Cc1cccc2c(=O)c3ccc(C)c(C)c3oc12. The molecule has 0 fully saturated rings. The Morgan fingerprint density at radius 2 is 1.40 bits per heavy atom. The minimum Gasteiger partial charge on any atom is -0.493 e. The second-order valence-electron chi connectivity index (χ2n) is 10.4. The number of hydrogen-bond donors (Lipinski definition) is 0. The number of carbonyl (C=O) groups is 1. The van der Waals surface area contributed by atoms with Gasteiger partial charge in [-0.25, -0.2) is 0 Å². The lowest BCUT2D eigenvalue weighted by atomic mass is 9.92. The molecule has 8 heteroatoms. The van der Waals surface area contributed by atoms with Crippen LogP contribution in [-0.4, -0.2) is 34.4 Å². The maximum absolute atomic E-state index is 13.3. The maximum Gasteiger partial charge on any atom is 0.315 e. The molecule has 0 N–H and O–H groups in total. The van der Waals surface area contributed by atoms with Crippen LogP contribution in [0.2, 0.25) is 0 Å². The lowest BCUT2D eigenvalue weighted by molar-refractivity contribution is -0.133. The standard InChI is InChI=1S/C35H34O8/c1-19-11-13-26-32(37)25-10-8-9-23(34(25)43-33(26)20(19)2)18-31(36)42-28-15-22(12-14-27(28)38-4)21(3)24-16-29(39-5)35(41-7)30(17-24)40-6/h8-17,21H,18H2,1-7H3. The van der Waals surface area contributed by atoms with Crippen molar-refractivity contribution in [1.82, 2.24) is 0 Å². The van der Waals surface area contributed by atoms with E-state index in [1.54, 1.807) is 57.7 Å². The summed E-state index contributed by atoms with van der Waals surface area (Å²) >= 11 is 0. The average Bonchev–Trinajstić information content (AvgIpc) is 3.02. The quantitative estimate of drug-likeness (QED) is 0.105. The zero-order valence-corrected chi connectivity index (χ0v) is 25.3. The summed E-state index contributed by atoms with van der Waals surface area (Å²) in [6.07, 6.45) is -0.105. The van der Waals surface area contributed by atoms with E-state index in [9.17, 15) is 9.59 Å². The predicted molar refractivity (Wildman–Crippen MR) is 165 cm³/mol. The number of aryl methyl sites for hydroxylation is 2. The molecule has 0 aliphatic rings. The Morgan fingerprint density at radius 3 is 2.05 bits per heavy atom. The van der Waals surface area contributed by atoms with Gasteiger partial charge in [-0.15, -0.1) is 0 Å². The van der Waals surface area contributed by atoms with Crippen LogP contribution in [0.25, 0.3) is 21.9 Å². The summed E-state index contributed by atoms with van der Waals surface area (Å²) in [6, 6.07) is 18.2. The lowest BCUT2D eigenvalue weighted by Crippen LogP contribution is -2.13. The summed E-state index contributed by atoms with van der Waals surface area (Å²) in [5, 5.41) is 0.929. The van der Waals surface area contributed by atoms with Crippen LogP contribution in [0.1, 0.15) is 40.7 Å². The van der Waals surface area contributed by atoms with Crippen molar-refractivity contribution >= 4 is 27.9 Å². The summed E-state index contributed by atoms with van der Waals surface area (Å²) in [5.74, 6) is 1.65. The molecule has 1 atom stereocenters. The first kappa shape index (κ1) is 29.5. The number of esters is 1. The highest BCUT2D eigenvalue weighted by molar-refractivity contribution is 5.94. The highest BCUT2D eigenvalue weighted by Gasteiger charge is 2.21. The fourth-order valence-corrected chi connectivity index (χ4v) is 5.27. The first-order valence-electron chi connectivity index (χ1n) is 13.8. The predicted octanol–water partition coefficient (Wildman–Crippen LogP) is 6.90. The molecule has 0 saturated heterocycles. The van der Waals surface area contributed by atoms with Crippen LogP contribution < -0.4 is 29.1 Å². The van der Waals surface area contributed by atoms with Crippen LogP contribution in [0.15, 0.2) is 69.9 Å². The molecule has 1 aromatic heterocycles. The molecule has 0 radical (unpaired) electrons. The van der Waals surface area contributed by atoms with Crippen LogP contribution in [-0.2, 0) is 11.2 Å². The van der Waals surface area contributed by atoms with Gasteiger partial charge in [0.25, 0.3) is 0 Å². The van der Waals surface area contributed by atoms with Crippen LogP contribution >= 0.6 is 0 Å². The topological polar surface area (TPSA) is 93.4 Å². The van der Waals surface area contributed by atoms with E-state index in [0.29, 0.717) is 50.5 Å². The average molecular weight is 583 g/mol. The minimum absolute atomic E-state index is 0.105. The van der Waals surface area contributed by atoms with Gasteiger partial charge < -0.3 is 28.1 Å². The number of carbonyl (C=O) groups excluding carboxylic acids is 1. The number of benzene rings is 4. The molecule has 0 aliphatic carbocycles. The molecular weight excluding hydrogens is 548 g/mol. The molecule has 0 bridgehead atoms. The van der Waals surface area contributed by atoms with Gasteiger partial charge in [0.15, 0.2) is 23.0 Å². The molecule has 1 unspecified atom stereocenters. The van der Waals surface area contributed by atoms with E-state index in [0.717, 1.165) is 22.3 Å². The Bertz CT molecular complexity index is 1880. The first-order chi connectivity index (χ1) is 20.7. The number of para-hydroxylation sites is 1. The van der Waals surface area contributed by atoms with Crippen molar-refractivity contribution in [2.24, 2.45) is 0 Å². The zero-order valence-electron chi connectivity index (χ0n) is 25.3. The van der Waals surface area contributed by atoms with Crippen LogP contribution in [0.3, 0.4) is 0 Å². The van der Waals surface area contributed by atoms with Crippen LogP contribution in [0.4, 0.5) is 0 Å². The molecule has 8 nitrogen and oxygen atoms in total. The van der Waals surface area contributed by atoms with Gasteiger partial charge in [0.05, 0.1) is 45.6 Å². The summed E-state index contributed by atoms with van der Waals surface area (Å²) in [7, 11) is 6.22. The molecule has 5 aromatic rings. The fraction of sp³-hybridized carbons (Fsp3) is 0.257. The lowest BCUT2D eigenvalue weighted by Gasteiger charge is -2.19. The third-order valence-corrected chi connectivity index (χ3v) is 7.90. The maximum atomic E-state index is 13.3. The third-order valence-electron chi connectivity index (χ3n) is 7.90. The van der Waals surface area contributed by atoms with E-state index < -0.39 is 5.97 Å². The Balaban J connectivity index is 1.47. The smallest absolute Gasteiger partial charge is 0.315 e. The summed E-state index contributed by atoms with van der Waals surface area (Å²) in [6.45, 7) is 5.91. The van der Waals surface area contributed by atoms with Gasteiger partial charge in [-0.2, -0.15) is 0 Å². The Kier molecular flexibility index (Phi) is 8.30. The van der Waals surface area contributed by atoms with E-state index in [1.807, 2.05) is 45.0 Å². The Morgan fingerprint density at radius 1 is 0.744 bits per heavy atom. The number of fused-ring (bicyclic) bond motifs is 2. The number of rotatable bonds is 9. The minimum atomic E-state index is -0.521. The summed E-state index contributed by atoms with van der Waals surface area (Å²) in [4.78, 5) is 26.6. The second kappa shape index (κ2) is 12.1. The summed E-state index contributed by atoms with van der Waals surface area (Å²) in [5.41, 5.74) is 5.02. The molecule has 0 aliphatic heterocycles. The molecule has 4 aromatic carbocycles. The van der Waals surface area contributed by atoms with Crippen LogP contribution in [0, 0.1) is 13.8 Å². The van der Waals surface area contributed by atoms with E-state index in [4.69, 9.17) is 28.1 Å². The van der Waals surface area contributed by atoms with Gasteiger partial charge in [0.2, 0.25) is 11.2 Å². The largest absolute Gasteiger partial charge is 0.493 e. The van der Waals surface area contributed by atoms with Crippen molar-refractivity contribution in [1.29, 1.82) is 0 Å². The van der Waals surface area contributed by atoms with Gasteiger partial charge in [-0.1, -0.05) is 31.2 Å². The summed E-state index contributed by atoms with van der Waals surface area (Å²) < 4.78 is 34.1. The first-order valence-corrected chi connectivity index (χ1v) is 13.8. The highest BCUT2D eigenvalue weighted by Crippen LogP contribution is 2.42. The number of hydrogen-bond acceptors (Lipinski definition) is 8. The molecule has 43 heavy (non-hydrogen) atoms.